The number of rotatable bonds is 9. The maximum Gasteiger partial charge on any atom is 0.328 e. The molecule has 2 aromatic heterocycles. The van der Waals surface area contributed by atoms with E-state index in [0.717, 1.165) is 67.3 Å². The van der Waals surface area contributed by atoms with Crippen LogP contribution in [0.2, 0.25) is 0 Å². The molecule has 1 aliphatic rings. The van der Waals surface area contributed by atoms with Crippen LogP contribution in [0.4, 0.5) is 11.4 Å². The number of H-pyrrole nitrogens is 2. The quantitative estimate of drug-likeness (QED) is 0.340. The van der Waals surface area contributed by atoms with E-state index in [9.17, 15) is 9.59 Å². The summed E-state index contributed by atoms with van der Waals surface area (Å²) in [6.45, 7) is 14.0. The SMILES string of the molecule is CC[C@H]1CN(c2cccc3nc(-c4ccc(N(CC)CC)cc4)[nH]c23)CCN1Cc1cn(CC)c(=O)[nH]c1=O. The lowest BCUT2D eigenvalue weighted by molar-refractivity contribution is 0.163. The molecule has 1 saturated heterocycles. The van der Waals surface area contributed by atoms with Gasteiger partial charge in [0.15, 0.2) is 0 Å². The zero-order chi connectivity index (χ0) is 27.5. The van der Waals surface area contributed by atoms with Gasteiger partial charge in [-0.25, -0.2) is 9.78 Å². The predicted molar refractivity (Wildman–Crippen MR) is 159 cm³/mol. The minimum absolute atomic E-state index is 0.283. The zero-order valence-electron chi connectivity index (χ0n) is 23.4. The second kappa shape index (κ2) is 11.5. The van der Waals surface area contributed by atoms with Gasteiger partial charge in [0.25, 0.3) is 5.56 Å². The number of anilines is 2. The second-order valence-corrected chi connectivity index (χ2v) is 10.2. The van der Waals surface area contributed by atoms with Crippen molar-refractivity contribution in [1.82, 2.24) is 24.4 Å². The van der Waals surface area contributed by atoms with E-state index in [1.54, 1.807) is 10.8 Å². The normalized spacial score (nSPS) is 16.2. The van der Waals surface area contributed by atoms with Crippen LogP contribution < -0.4 is 21.0 Å². The first-order chi connectivity index (χ1) is 18.9. The van der Waals surface area contributed by atoms with Gasteiger partial charge in [-0.3, -0.25) is 14.7 Å². The molecular formula is C30H39N7O2. The fraction of sp³-hybridized carbons (Fsp3) is 0.433. The molecule has 0 spiro atoms. The molecule has 39 heavy (non-hydrogen) atoms. The van der Waals surface area contributed by atoms with E-state index in [-0.39, 0.29) is 17.3 Å². The van der Waals surface area contributed by atoms with Gasteiger partial charge in [-0.05, 0) is 63.6 Å². The molecule has 0 radical (unpaired) electrons. The molecule has 1 aliphatic heterocycles. The standard InChI is InChI=1S/C30H39N7O2/c1-5-23-20-37(17-16-36(23)19-22-18-35(8-4)30(39)33-29(22)38)26-11-9-10-25-27(26)32-28(31-25)21-12-14-24(15-13-21)34(6-2)7-3/h9-15,18,23H,5-8,16-17,19-20H2,1-4H3,(H,31,32)(H,33,38,39)/t23-/m0/s1. The highest BCUT2D eigenvalue weighted by Gasteiger charge is 2.28. The first-order valence-corrected chi connectivity index (χ1v) is 14.1. The summed E-state index contributed by atoms with van der Waals surface area (Å²) in [4.78, 5) is 42.6. The number of aryl methyl sites for hydroxylation is 1. The number of hydrogen-bond donors (Lipinski definition) is 2. The van der Waals surface area contributed by atoms with Crippen LogP contribution in [0.15, 0.2) is 58.3 Å². The van der Waals surface area contributed by atoms with Crippen molar-refractivity contribution in [1.29, 1.82) is 0 Å². The molecule has 1 fully saturated rings. The summed E-state index contributed by atoms with van der Waals surface area (Å²) in [7, 11) is 0. The highest BCUT2D eigenvalue weighted by atomic mass is 16.2. The number of piperazine rings is 1. The van der Waals surface area contributed by atoms with Crippen molar-refractivity contribution in [3.63, 3.8) is 0 Å². The molecule has 0 bridgehead atoms. The van der Waals surface area contributed by atoms with Crippen LogP contribution in [0.1, 0.15) is 39.7 Å². The molecule has 206 valence electrons. The minimum atomic E-state index is -0.352. The molecule has 9 nitrogen and oxygen atoms in total. The third-order valence-corrected chi connectivity index (χ3v) is 7.98. The van der Waals surface area contributed by atoms with Crippen LogP contribution in [-0.2, 0) is 13.1 Å². The van der Waals surface area contributed by atoms with Crippen molar-refractivity contribution < 1.29 is 0 Å². The van der Waals surface area contributed by atoms with Crippen molar-refractivity contribution in [2.75, 3.05) is 42.5 Å². The monoisotopic (exact) mass is 529 g/mol. The number of aromatic nitrogens is 4. The zero-order valence-corrected chi connectivity index (χ0v) is 23.4. The third-order valence-electron chi connectivity index (χ3n) is 7.98. The molecular weight excluding hydrogens is 490 g/mol. The summed E-state index contributed by atoms with van der Waals surface area (Å²) >= 11 is 0. The molecule has 3 heterocycles. The van der Waals surface area contributed by atoms with E-state index in [1.165, 1.54) is 5.69 Å². The van der Waals surface area contributed by atoms with E-state index in [2.05, 4.69) is 87.9 Å². The topological polar surface area (TPSA) is 93.3 Å². The fourth-order valence-electron chi connectivity index (χ4n) is 5.66. The number of nitrogens with one attached hydrogen (secondary N) is 2. The summed E-state index contributed by atoms with van der Waals surface area (Å²) in [6, 6.07) is 15.2. The Hall–Kier alpha value is -3.85. The number of para-hydroxylation sites is 1. The van der Waals surface area contributed by atoms with Gasteiger partial charge in [0.2, 0.25) is 0 Å². The molecule has 0 saturated carbocycles. The van der Waals surface area contributed by atoms with Gasteiger partial charge in [-0.2, -0.15) is 0 Å². The average molecular weight is 530 g/mol. The molecule has 0 amide bonds. The summed E-state index contributed by atoms with van der Waals surface area (Å²) in [5.74, 6) is 0.875. The molecule has 5 rings (SSSR count). The van der Waals surface area contributed by atoms with E-state index in [1.807, 2.05) is 6.92 Å². The van der Waals surface area contributed by atoms with Crippen LogP contribution in [0.3, 0.4) is 0 Å². The summed E-state index contributed by atoms with van der Waals surface area (Å²) in [5.41, 5.74) is 5.45. The molecule has 0 unspecified atom stereocenters. The van der Waals surface area contributed by atoms with Gasteiger partial charge in [0.1, 0.15) is 5.82 Å². The fourth-order valence-corrected chi connectivity index (χ4v) is 5.66. The van der Waals surface area contributed by atoms with E-state index >= 15 is 0 Å². The van der Waals surface area contributed by atoms with Gasteiger partial charge >= 0.3 is 5.69 Å². The number of nitrogens with zero attached hydrogens (tertiary/aromatic N) is 5. The van der Waals surface area contributed by atoms with Crippen molar-refractivity contribution in [3.8, 4) is 11.4 Å². The molecule has 0 aliphatic carbocycles. The van der Waals surface area contributed by atoms with Crippen molar-refractivity contribution in [3.05, 3.63) is 75.1 Å². The van der Waals surface area contributed by atoms with Crippen LogP contribution in [-0.4, -0.2) is 63.2 Å². The highest BCUT2D eigenvalue weighted by Crippen LogP contribution is 2.31. The van der Waals surface area contributed by atoms with Gasteiger partial charge in [-0.15, -0.1) is 0 Å². The lowest BCUT2D eigenvalue weighted by Crippen LogP contribution is -2.53. The summed E-state index contributed by atoms with van der Waals surface area (Å²) < 4.78 is 1.56. The average Bonchev–Trinajstić information content (AvgIpc) is 3.40. The number of hydrogen-bond acceptors (Lipinski definition) is 6. The van der Waals surface area contributed by atoms with Crippen LogP contribution >= 0.6 is 0 Å². The number of fused-ring (bicyclic) bond motifs is 1. The number of imidazole rings is 1. The Bertz CT molecular complexity index is 1530. The minimum Gasteiger partial charge on any atom is -0.372 e. The Morgan fingerprint density at radius 1 is 0.974 bits per heavy atom. The second-order valence-electron chi connectivity index (χ2n) is 10.2. The van der Waals surface area contributed by atoms with Crippen molar-refractivity contribution in [2.45, 2.75) is 53.2 Å². The Morgan fingerprint density at radius 3 is 2.44 bits per heavy atom. The van der Waals surface area contributed by atoms with Crippen LogP contribution in [0.5, 0.6) is 0 Å². The smallest absolute Gasteiger partial charge is 0.328 e. The van der Waals surface area contributed by atoms with Crippen molar-refractivity contribution in [2.24, 2.45) is 0 Å². The lowest BCUT2D eigenvalue weighted by Gasteiger charge is -2.42. The van der Waals surface area contributed by atoms with Gasteiger partial charge in [-0.1, -0.05) is 13.0 Å². The summed E-state index contributed by atoms with van der Waals surface area (Å²) in [5, 5.41) is 0. The number of aromatic amines is 2. The Labute approximate surface area is 229 Å². The van der Waals surface area contributed by atoms with E-state index in [0.29, 0.717) is 18.7 Å². The lowest BCUT2D eigenvalue weighted by atomic mass is 10.1. The molecule has 2 aromatic carbocycles. The third kappa shape index (κ3) is 5.36. The highest BCUT2D eigenvalue weighted by molar-refractivity contribution is 5.91. The summed E-state index contributed by atoms with van der Waals surface area (Å²) in [6.07, 6.45) is 2.67. The Kier molecular flexibility index (Phi) is 7.88. The Balaban J connectivity index is 1.37. The molecule has 2 N–H and O–H groups in total. The van der Waals surface area contributed by atoms with Crippen LogP contribution in [0, 0.1) is 0 Å². The van der Waals surface area contributed by atoms with Gasteiger partial charge in [0, 0.05) is 74.9 Å². The van der Waals surface area contributed by atoms with Gasteiger partial charge < -0.3 is 19.4 Å². The maximum atomic E-state index is 12.5. The largest absolute Gasteiger partial charge is 0.372 e. The first kappa shape index (κ1) is 26.7. The Morgan fingerprint density at radius 2 is 1.74 bits per heavy atom. The molecule has 1 atom stereocenters. The van der Waals surface area contributed by atoms with E-state index in [4.69, 9.17) is 4.98 Å². The van der Waals surface area contributed by atoms with Crippen LogP contribution in [0.25, 0.3) is 22.4 Å². The number of benzene rings is 2. The predicted octanol–water partition coefficient (Wildman–Crippen LogP) is 4.05. The molecule has 9 heteroatoms. The maximum absolute atomic E-state index is 12.5. The first-order valence-electron chi connectivity index (χ1n) is 14.1. The van der Waals surface area contributed by atoms with Crippen molar-refractivity contribution >= 4 is 22.4 Å². The van der Waals surface area contributed by atoms with E-state index < -0.39 is 0 Å². The van der Waals surface area contributed by atoms with Gasteiger partial charge in [0.05, 0.1) is 16.7 Å². The molecule has 4 aromatic rings.